The highest BCUT2D eigenvalue weighted by Gasteiger charge is 2.18. The lowest BCUT2D eigenvalue weighted by Gasteiger charge is -2.19. The lowest BCUT2D eigenvalue weighted by Crippen LogP contribution is -2.37. The molecule has 3 rings (SSSR count). The molecule has 2 N–H and O–H groups in total. The zero-order valence-electron chi connectivity index (χ0n) is 15.2. The van der Waals surface area contributed by atoms with E-state index in [0.717, 1.165) is 25.0 Å². The number of nitrogens with one attached hydrogen (secondary N) is 1. The van der Waals surface area contributed by atoms with Crippen LogP contribution in [-0.2, 0) is 12.8 Å². The molecule has 0 amide bonds. The number of aryl methyl sites for hydroxylation is 1. The summed E-state index contributed by atoms with van der Waals surface area (Å²) < 4.78 is 5.37. The van der Waals surface area contributed by atoms with Gasteiger partial charge in [0.2, 0.25) is 0 Å². The third-order valence-electron chi connectivity index (χ3n) is 4.71. The predicted octanol–water partition coefficient (Wildman–Crippen LogP) is 4.11. The number of hydrogen-bond donors (Lipinski definition) is 2. The van der Waals surface area contributed by atoms with Crippen molar-refractivity contribution in [2.75, 3.05) is 19.4 Å². The lowest BCUT2D eigenvalue weighted by molar-refractivity contribution is 0.189. The Bertz CT molecular complexity index is 668. The molecule has 0 saturated carbocycles. The van der Waals surface area contributed by atoms with E-state index in [1.165, 1.54) is 22.4 Å². The van der Waals surface area contributed by atoms with Gasteiger partial charge in [0.05, 0.1) is 13.2 Å². The molecule has 0 radical (unpaired) electrons. The van der Waals surface area contributed by atoms with Crippen LogP contribution in [-0.4, -0.2) is 36.7 Å². The third kappa shape index (κ3) is 6.20. The summed E-state index contributed by atoms with van der Waals surface area (Å²) in [6.07, 6.45) is 4.13. The van der Waals surface area contributed by atoms with Crippen molar-refractivity contribution in [3.05, 3.63) is 59.7 Å². The van der Waals surface area contributed by atoms with Gasteiger partial charge < -0.3 is 15.2 Å². The first kappa shape index (κ1) is 21.1. The van der Waals surface area contributed by atoms with Gasteiger partial charge in [0, 0.05) is 23.2 Å². The van der Waals surface area contributed by atoms with Crippen LogP contribution in [0.2, 0.25) is 0 Å². The molecule has 0 aromatic heterocycles. The van der Waals surface area contributed by atoms with Gasteiger partial charge in [-0.3, -0.25) is 0 Å². The van der Waals surface area contributed by atoms with Crippen LogP contribution in [0.5, 0.6) is 5.75 Å². The predicted molar refractivity (Wildman–Crippen MR) is 112 cm³/mol. The van der Waals surface area contributed by atoms with Crippen LogP contribution in [0.15, 0.2) is 53.4 Å². The second kappa shape index (κ2) is 10.8. The van der Waals surface area contributed by atoms with Gasteiger partial charge in [0.15, 0.2) is 0 Å². The van der Waals surface area contributed by atoms with E-state index in [-0.39, 0.29) is 18.5 Å². The van der Waals surface area contributed by atoms with Crippen molar-refractivity contribution in [1.29, 1.82) is 0 Å². The Labute approximate surface area is 167 Å². The highest BCUT2D eigenvalue weighted by molar-refractivity contribution is 7.99. The Balaban J connectivity index is 0.00000243. The van der Waals surface area contributed by atoms with E-state index in [2.05, 4.69) is 35.6 Å². The number of benzene rings is 2. The fraction of sp³-hybridized carbons (Fsp3) is 0.429. The van der Waals surface area contributed by atoms with Crippen LogP contribution in [0.3, 0.4) is 0 Å². The molecule has 2 aromatic carbocycles. The molecule has 1 aliphatic rings. The van der Waals surface area contributed by atoms with Crippen molar-refractivity contribution in [2.24, 2.45) is 0 Å². The Hall–Kier alpha value is -1.20. The van der Waals surface area contributed by atoms with Crippen molar-refractivity contribution in [3.8, 4) is 5.75 Å². The summed E-state index contributed by atoms with van der Waals surface area (Å²) in [6, 6.07) is 17.1. The summed E-state index contributed by atoms with van der Waals surface area (Å²) >= 11 is 1.71. The molecule has 5 heteroatoms. The van der Waals surface area contributed by atoms with Gasteiger partial charge in [-0.1, -0.05) is 24.3 Å². The zero-order chi connectivity index (χ0) is 17.5. The molecular formula is C21H28ClNO2S. The van der Waals surface area contributed by atoms with Gasteiger partial charge in [-0.15, -0.1) is 24.2 Å². The van der Waals surface area contributed by atoms with Crippen molar-refractivity contribution >= 4 is 24.2 Å². The Morgan fingerprint density at radius 2 is 2.00 bits per heavy atom. The maximum Gasteiger partial charge on any atom is 0.119 e. The second-order valence-corrected chi connectivity index (χ2v) is 7.71. The van der Waals surface area contributed by atoms with Gasteiger partial charge >= 0.3 is 0 Å². The largest absolute Gasteiger partial charge is 0.497 e. The standard InChI is InChI=1S/C21H27NO2S.ClH/c1-24-20-11-10-16-6-5-7-18(12-17(16)13-20)22-14-19(23)15-25-21-8-3-2-4-9-21;/h2-4,8-11,13,18-19,22-23H,5-7,12,14-15H2,1H3;1H/t18?,19-;/m0./s1. The molecule has 2 atom stereocenters. The molecule has 0 fully saturated rings. The number of hydrogen-bond acceptors (Lipinski definition) is 4. The van der Waals surface area contributed by atoms with E-state index in [9.17, 15) is 5.11 Å². The summed E-state index contributed by atoms with van der Waals surface area (Å²) in [7, 11) is 1.72. The first-order chi connectivity index (χ1) is 12.2. The number of aliphatic hydroxyl groups excluding tert-OH is 1. The van der Waals surface area contributed by atoms with Crippen LogP contribution in [0.1, 0.15) is 24.0 Å². The summed E-state index contributed by atoms with van der Waals surface area (Å²) in [5.41, 5.74) is 2.81. The summed E-state index contributed by atoms with van der Waals surface area (Å²) in [5, 5.41) is 13.9. The van der Waals surface area contributed by atoms with E-state index in [1.807, 2.05) is 18.2 Å². The zero-order valence-corrected chi connectivity index (χ0v) is 16.8. The summed E-state index contributed by atoms with van der Waals surface area (Å²) in [6.45, 7) is 0.643. The topological polar surface area (TPSA) is 41.5 Å². The fourth-order valence-electron chi connectivity index (χ4n) is 3.31. The number of aliphatic hydroxyl groups is 1. The molecule has 26 heavy (non-hydrogen) atoms. The number of rotatable bonds is 7. The minimum Gasteiger partial charge on any atom is -0.497 e. The molecule has 0 aliphatic heterocycles. The van der Waals surface area contributed by atoms with Crippen molar-refractivity contribution in [3.63, 3.8) is 0 Å². The Morgan fingerprint density at radius 3 is 2.77 bits per heavy atom. The second-order valence-electron chi connectivity index (χ2n) is 6.61. The average molecular weight is 394 g/mol. The van der Waals surface area contributed by atoms with Crippen LogP contribution >= 0.6 is 24.2 Å². The first-order valence-electron chi connectivity index (χ1n) is 8.99. The highest BCUT2D eigenvalue weighted by atomic mass is 35.5. The molecule has 0 saturated heterocycles. The third-order valence-corrected chi connectivity index (χ3v) is 5.86. The van der Waals surface area contributed by atoms with Gasteiger partial charge in [0.1, 0.15) is 5.75 Å². The number of methoxy groups -OCH3 is 1. The Kier molecular flexibility index (Phi) is 8.79. The van der Waals surface area contributed by atoms with E-state index in [4.69, 9.17) is 4.74 Å². The quantitative estimate of drug-likeness (QED) is 0.548. The molecule has 142 valence electrons. The molecule has 1 unspecified atom stereocenters. The molecule has 0 heterocycles. The maximum atomic E-state index is 10.3. The van der Waals surface area contributed by atoms with Crippen molar-refractivity contribution < 1.29 is 9.84 Å². The lowest BCUT2D eigenvalue weighted by atomic mass is 10.0. The van der Waals surface area contributed by atoms with Gasteiger partial charge in [-0.05, 0) is 61.1 Å². The normalized spacial score (nSPS) is 17.5. The van der Waals surface area contributed by atoms with E-state index >= 15 is 0 Å². The minimum atomic E-state index is -0.335. The molecule has 3 nitrogen and oxygen atoms in total. The van der Waals surface area contributed by atoms with Crippen LogP contribution < -0.4 is 10.1 Å². The number of ether oxygens (including phenoxy) is 1. The Morgan fingerprint density at radius 1 is 1.19 bits per heavy atom. The van der Waals surface area contributed by atoms with Crippen LogP contribution in [0, 0.1) is 0 Å². The van der Waals surface area contributed by atoms with E-state index in [0.29, 0.717) is 18.3 Å². The van der Waals surface area contributed by atoms with Gasteiger partial charge in [-0.25, -0.2) is 0 Å². The smallest absolute Gasteiger partial charge is 0.119 e. The summed E-state index contributed by atoms with van der Waals surface area (Å²) in [4.78, 5) is 1.21. The van der Waals surface area contributed by atoms with E-state index in [1.54, 1.807) is 18.9 Å². The monoisotopic (exact) mass is 393 g/mol. The summed E-state index contributed by atoms with van der Waals surface area (Å²) in [5.74, 6) is 1.65. The molecule has 0 bridgehead atoms. The highest BCUT2D eigenvalue weighted by Crippen LogP contribution is 2.25. The first-order valence-corrected chi connectivity index (χ1v) is 9.98. The van der Waals surface area contributed by atoms with Crippen molar-refractivity contribution in [1.82, 2.24) is 5.32 Å². The minimum absolute atomic E-state index is 0. The SMILES string of the molecule is COc1ccc2c(c1)CC(NC[C@H](O)CSc1ccccc1)CCC2.Cl. The van der Waals surface area contributed by atoms with Gasteiger partial charge in [0.25, 0.3) is 0 Å². The average Bonchev–Trinajstić information content (AvgIpc) is 2.86. The van der Waals surface area contributed by atoms with Gasteiger partial charge in [-0.2, -0.15) is 0 Å². The van der Waals surface area contributed by atoms with Crippen LogP contribution in [0.4, 0.5) is 0 Å². The van der Waals surface area contributed by atoms with Crippen LogP contribution in [0.25, 0.3) is 0 Å². The number of fused-ring (bicyclic) bond motifs is 1. The fourth-order valence-corrected chi connectivity index (χ4v) is 4.17. The molecule has 1 aliphatic carbocycles. The van der Waals surface area contributed by atoms with E-state index < -0.39 is 0 Å². The van der Waals surface area contributed by atoms with Crippen molar-refractivity contribution in [2.45, 2.75) is 42.7 Å². The molecule has 2 aromatic rings. The number of halogens is 1. The molecular weight excluding hydrogens is 366 g/mol. The number of thioether (sulfide) groups is 1. The maximum absolute atomic E-state index is 10.3. The molecule has 0 spiro atoms.